The zero-order valence-corrected chi connectivity index (χ0v) is 23.3. The molecular weight excluding hydrogens is 534 g/mol. The van der Waals surface area contributed by atoms with Crippen LogP contribution < -0.4 is 9.64 Å². The molecule has 1 aliphatic heterocycles. The maximum Gasteiger partial charge on any atom is 0.228 e. The first kappa shape index (κ1) is 27.8. The molecule has 1 saturated heterocycles. The van der Waals surface area contributed by atoms with Crippen LogP contribution in [0, 0.1) is 0 Å². The molecule has 1 aromatic heterocycles. The molecule has 1 amide bonds. The highest BCUT2D eigenvalue weighted by Gasteiger charge is 2.23. The number of carbonyl (C=O) groups excluding carboxylic acids is 1. The molecule has 0 atom stereocenters. The van der Waals surface area contributed by atoms with E-state index < -0.39 is 9.84 Å². The van der Waals surface area contributed by atoms with E-state index in [1.165, 1.54) is 23.5 Å². The van der Waals surface area contributed by atoms with Gasteiger partial charge in [-0.1, -0.05) is 29.0 Å². The fourth-order valence-corrected chi connectivity index (χ4v) is 6.67. The van der Waals surface area contributed by atoms with E-state index in [4.69, 9.17) is 26.1 Å². The van der Waals surface area contributed by atoms with E-state index in [1.807, 2.05) is 25.1 Å². The summed E-state index contributed by atoms with van der Waals surface area (Å²) in [4.78, 5) is 22.4. The van der Waals surface area contributed by atoms with Crippen molar-refractivity contribution in [2.24, 2.45) is 0 Å². The van der Waals surface area contributed by atoms with Crippen molar-refractivity contribution < 1.29 is 22.7 Å². The van der Waals surface area contributed by atoms with Crippen molar-refractivity contribution in [3.63, 3.8) is 0 Å². The number of nitrogens with zero attached hydrogens (tertiary/aromatic N) is 3. The van der Waals surface area contributed by atoms with Gasteiger partial charge in [0.2, 0.25) is 5.91 Å². The van der Waals surface area contributed by atoms with Crippen molar-refractivity contribution in [2.45, 2.75) is 31.1 Å². The average Bonchev–Trinajstić information content (AvgIpc) is 3.32. The minimum absolute atomic E-state index is 0.110. The molecule has 0 aliphatic carbocycles. The number of hydrogen-bond acceptors (Lipinski definition) is 8. The smallest absolute Gasteiger partial charge is 0.228 e. The van der Waals surface area contributed by atoms with E-state index in [-0.39, 0.29) is 29.4 Å². The van der Waals surface area contributed by atoms with Crippen molar-refractivity contribution in [3.05, 3.63) is 47.5 Å². The minimum Gasteiger partial charge on any atom is -0.492 e. The molecule has 0 bridgehead atoms. The summed E-state index contributed by atoms with van der Waals surface area (Å²) in [7, 11) is -3.50. The van der Waals surface area contributed by atoms with Crippen LogP contribution in [0.15, 0.2) is 47.4 Å². The molecule has 1 fully saturated rings. The third-order valence-corrected chi connectivity index (χ3v) is 9.25. The van der Waals surface area contributed by atoms with Gasteiger partial charge in [-0.3, -0.25) is 14.6 Å². The van der Waals surface area contributed by atoms with Crippen LogP contribution in [0.2, 0.25) is 5.02 Å². The third-order valence-electron chi connectivity index (χ3n) is 6.14. The van der Waals surface area contributed by atoms with E-state index in [0.29, 0.717) is 29.1 Å². The first-order valence-electron chi connectivity index (χ1n) is 12.5. The van der Waals surface area contributed by atoms with Crippen LogP contribution in [0.3, 0.4) is 0 Å². The number of para-hydroxylation sites is 1. The van der Waals surface area contributed by atoms with Crippen molar-refractivity contribution in [2.75, 3.05) is 56.7 Å². The van der Waals surface area contributed by atoms with Gasteiger partial charge >= 0.3 is 0 Å². The van der Waals surface area contributed by atoms with Gasteiger partial charge in [0.25, 0.3) is 0 Å². The van der Waals surface area contributed by atoms with Crippen LogP contribution in [0.1, 0.15) is 26.2 Å². The number of morpholine rings is 1. The summed E-state index contributed by atoms with van der Waals surface area (Å²) in [6.07, 6.45) is 1.11. The fraction of sp³-hybridized carbons (Fsp3) is 0.462. The average molecular weight is 566 g/mol. The van der Waals surface area contributed by atoms with Gasteiger partial charge in [-0.25, -0.2) is 13.4 Å². The highest BCUT2D eigenvalue weighted by molar-refractivity contribution is 7.91. The first-order chi connectivity index (χ1) is 17.9. The van der Waals surface area contributed by atoms with Gasteiger partial charge in [-0.15, -0.1) is 0 Å². The number of anilines is 1. The summed E-state index contributed by atoms with van der Waals surface area (Å²) in [6, 6.07) is 11.9. The summed E-state index contributed by atoms with van der Waals surface area (Å²) < 4.78 is 37.5. The number of aromatic nitrogens is 1. The molecule has 2 aromatic carbocycles. The summed E-state index contributed by atoms with van der Waals surface area (Å²) in [5.74, 6) is 0.443. The van der Waals surface area contributed by atoms with E-state index in [1.54, 1.807) is 17.0 Å². The summed E-state index contributed by atoms with van der Waals surface area (Å²) >= 11 is 7.33. The monoisotopic (exact) mass is 565 g/mol. The fourth-order valence-electron chi connectivity index (χ4n) is 4.21. The van der Waals surface area contributed by atoms with Crippen LogP contribution in [-0.4, -0.2) is 76.0 Å². The van der Waals surface area contributed by atoms with Crippen molar-refractivity contribution >= 4 is 54.0 Å². The number of thiazole rings is 1. The standard InChI is InChI=1S/C26H32ClN3O5S2/c1-2-35-22-6-3-7-23-25(22)28-26(36-23)30(14-5-13-29-15-17-34-18-16-29)24(31)8-4-19-37(32,33)21-11-9-20(27)10-12-21/h3,6-7,9-12H,2,4-5,8,13-19H2,1H3. The van der Waals surface area contributed by atoms with Gasteiger partial charge in [-0.05, 0) is 56.2 Å². The molecule has 0 N–H and O–H groups in total. The summed E-state index contributed by atoms with van der Waals surface area (Å²) in [6.45, 7) is 7.02. The molecule has 1 aliphatic rings. The molecule has 8 nitrogen and oxygen atoms in total. The zero-order valence-electron chi connectivity index (χ0n) is 20.9. The number of rotatable bonds is 12. The Bertz CT molecular complexity index is 1290. The molecule has 3 aromatic rings. The SMILES string of the molecule is CCOc1cccc2sc(N(CCCN3CCOCC3)C(=O)CCCS(=O)(=O)c3ccc(Cl)cc3)nc12. The van der Waals surface area contributed by atoms with Crippen LogP contribution >= 0.6 is 22.9 Å². The summed E-state index contributed by atoms with van der Waals surface area (Å²) in [5.41, 5.74) is 0.737. The van der Waals surface area contributed by atoms with Crippen molar-refractivity contribution in [1.29, 1.82) is 0 Å². The normalized spacial score (nSPS) is 14.6. The second-order valence-electron chi connectivity index (χ2n) is 8.76. The number of sulfone groups is 1. The molecule has 0 spiro atoms. The Morgan fingerprint density at radius 3 is 2.65 bits per heavy atom. The number of amides is 1. The lowest BCUT2D eigenvalue weighted by atomic mass is 10.2. The number of ether oxygens (including phenoxy) is 2. The molecule has 11 heteroatoms. The van der Waals surface area contributed by atoms with E-state index in [2.05, 4.69) is 4.90 Å². The number of hydrogen-bond donors (Lipinski definition) is 0. The van der Waals surface area contributed by atoms with E-state index in [0.717, 1.165) is 49.5 Å². The van der Waals surface area contributed by atoms with Gasteiger partial charge in [0.15, 0.2) is 15.0 Å². The predicted octanol–water partition coefficient (Wildman–Crippen LogP) is 4.66. The third kappa shape index (κ3) is 7.42. The molecule has 0 saturated carbocycles. The number of carbonyl (C=O) groups is 1. The van der Waals surface area contributed by atoms with Gasteiger partial charge in [0, 0.05) is 37.6 Å². The maximum atomic E-state index is 13.4. The highest BCUT2D eigenvalue weighted by atomic mass is 35.5. The Morgan fingerprint density at radius 1 is 1.16 bits per heavy atom. The van der Waals surface area contributed by atoms with Gasteiger partial charge in [0.1, 0.15) is 11.3 Å². The molecule has 0 radical (unpaired) electrons. The highest BCUT2D eigenvalue weighted by Crippen LogP contribution is 2.34. The van der Waals surface area contributed by atoms with E-state index in [9.17, 15) is 13.2 Å². The van der Waals surface area contributed by atoms with Gasteiger partial charge in [0.05, 0.1) is 35.2 Å². The Kier molecular flexibility index (Phi) is 9.77. The van der Waals surface area contributed by atoms with Gasteiger partial charge in [-0.2, -0.15) is 0 Å². The second-order valence-corrected chi connectivity index (χ2v) is 12.3. The molecule has 0 unspecified atom stereocenters. The molecular formula is C26H32ClN3O5S2. The zero-order chi connectivity index (χ0) is 26.3. The Hall–Kier alpha value is -2.24. The van der Waals surface area contributed by atoms with Gasteiger partial charge < -0.3 is 9.47 Å². The minimum atomic E-state index is -3.50. The second kappa shape index (κ2) is 13.0. The number of halogens is 1. The van der Waals surface area contributed by atoms with Crippen LogP contribution in [-0.2, 0) is 19.4 Å². The van der Waals surface area contributed by atoms with Crippen LogP contribution in [0.25, 0.3) is 10.2 Å². The Morgan fingerprint density at radius 2 is 1.92 bits per heavy atom. The van der Waals surface area contributed by atoms with Crippen LogP contribution in [0.5, 0.6) is 5.75 Å². The maximum absolute atomic E-state index is 13.4. The molecule has 37 heavy (non-hydrogen) atoms. The number of benzene rings is 2. The lowest BCUT2D eigenvalue weighted by Gasteiger charge is -2.27. The quantitative estimate of drug-likeness (QED) is 0.315. The molecule has 4 rings (SSSR count). The Balaban J connectivity index is 1.46. The van der Waals surface area contributed by atoms with Crippen LogP contribution in [0.4, 0.5) is 5.13 Å². The lowest BCUT2D eigenvalue weighted by Crippen LogP contribution is -2.39. The topological polar surface area (TPSA) is 89.0 Å². The van der Waals surface area contributed by atoms with Crippen molar-refractivity contribution in [3.8, 4) is 5.75 Å². The summed E-state index contributed by atoms with van der Waals surface area (Å²) in [5, 5.41) is 1.08. The predicted molar refractivity (Wildman–Crippen MR) is 148 cm³/mol. The molecule has 200 valence electrons. The van der Waals surface area contributed by atoms with Crippen molar-refractivity contribution in [1.82, 2.24) is 9.88 Å². The number of fused-ring (bicyclic) bond motifs is 1. The Labute approximate surface area is 227 Å². The lowest BCUT2D eigenvalue weighted by molar-refractivity contribution is -0.118. The first-order valence-corrected chi connectivity index (χ1v) is 15.3. The van der Waals surface area contributed by atoms with E-state index >= 15 is 0 Å². The molecule has 2 heterocycles. The largest absolute Gasteiger partial charge is 0.492 e.